The Bertz CT molecular complexity index is 614. The molecule has 0 spiro atoms. The van der Waals surface area contributed by atoms with E-state index in [9.17, 15) is 4.79 Å². The number of halogens is 1. The normalized spacial score (nSPS) is 10.2. The van der Waals surface area contributed by atoms with Gasteiger partial charge in [-0.2, -0.15) is 0 Å². The SMILES string of the molecule is Cc1cc(C(=O)OCc2cncc(Br)c2)ccc1N. The summed E-state index contributed by atoms with van der Waals surface area (Å²) in [5.74, 6) is -0.372. The number of ether oxygens (including phenoxy) is 1. The van der Waals surface area contributed by atoms with Crippen molar-refractivity contribution in [1.29, 1.82) is 0 Å². The third-order valence-corrected chi connectivity index (χ3v) is 3.07. The van der Waals surface area contributed by atoms with Crippen molar-refractivity contribution >= 4 is 27.6 Å². The van der Waals surface area contributed by atoms with E-state index < -0.39 is 0 Å². The first kappa shape index (κ1) is 13.5. The molecule has 2 aromatic rings. The summed E-state index contributed by atoms with van der Waals surface area (Å²) in [5, 5.41) is 0. The van der Waals surface area contributed by atoms with Gasteiger partial charge in [0, 0.05) is 28.1 Å². The molecule has 2 N–H and O–H groups in total. The molecule has 1 aromatic carbocycles. The van der Waals surface area contributed by atoms with Crippen molar-refractivity contribution < 1.29 is 9.53 Å². The first-order chi connectivity index (χ1) is 9.06. The van der Waals surface area contributed by atoms with E-state index in [0.29, 0.717) is 11.3 Å². The summed E-state index contributed by atoms with van der Waals surface area (Å²) in [6.45, 7) is 2.04. The Morgan fingerprint density at radius 3 is 2.84 bits per heavy atom. The Morgan fingerprint density at radius 1 is 1.37 bits per heavy atom. The molecule has 0 aliphatic rings. The summed E-state index contributed by atoms with van der Waals surface area (Å²) in [5.41, 5.74) is 8.55. The van der Waals surface area contributed by atoms with Crippen molar-refractivity contribution in [1.82, 2.24) is 4.98 Å². The van der Waals surface area contributed by atoms with Crippen LogP contribution in [0.25, 0.3) is 0 Å². The van der Waals surface area contributed by atoms with Gasteiger partial charge >= 0.3 is 5.97 Å². The number of nitrogens with two attached hydrogens (primary N) is 1. The van der Waals surface area contributed by atoms with E-state index >= 15 is 0 Å². The molecule has 19 heavy (non-hydrogen) atoms. The summed E-state index contributed by atoms with van der Waals surface area (Å²) in [6.07, 6.45) is 3.33. The first-order valence-corrected chi connectivity index (χ1v) is 6.48. The van der Waals surface area contributed by atoms with Crippen LogP contribution in [0.3, 0.4) is 0 Å². The number of hydrogen-bond donors (Lipinski definition) is 1. The highest BCUT2D eigenvalue weighted by Crippen LogP contribution is 2.15. The molecule has 0 radical (unpaired) electrons. The van der Waals surface area contributed by atoms with Crippen LogP contribution in [0.15, 0.2) is 41.1 Å². The van der Waals surface area contributed by atoms with Crippen molar-refractivity contribution in [3.63, 3.8) is 0 Å². The molecule has 0 atom stereocenters. The average molecular weight is 321 g/mol. The second kappa shape index (κ2) is 5.84. The number of hydrogen-bond acceptors (Lipinski definition) is 4. The smallest absolute Gasteiger partial charge is 0.338 e. The van der Waals surface area contributed by atoms with Crippen molar-refractivity contribution in [3.8, 4) is 0 Å². The number of aryl methyl sites for hydroxylation is 1. The number of nitrogens with zero attached hydrogens (tertiary/aromatic N) is 1. The number of carbonyl (C=O) groups excluding carboxylic acids is 1. The number of rotatable bonds is 3. The molecule has 5 heteroatoms. The van der Waals surface area contributed by atoms with Crippen LogP contribution in [0.1, 0.15) is 21.5 Å². The minimum Gasteiger partial charge on any atom is -0.457 e. The Morgan fingerprint density at radius 2 is 2.16 bits per heavy atom. The summed E-state index contributed by atoms with van der Waals surface area (Å²) in [4.78, 5) is 15.9. The van der Waals surface area contributed by atoms with Gasteiger partial charge in [0.15, 0.2) is 0 Å². The highest BCUT2D eigenvalue weighted by Gasteiger charge is 2.08. The molecule has 0 saturated carbocycles. The van der Waals surface area contributed by atoms with Gasteiger partial charge in [0.05, 0.1) is 5.56 Å². The zero-order valence-electron chi connectivity index (χ0n) is 10.4. The van der Waals surface area contributed by atoms with E-state index in [-0.39, 0.29) is 12.6 Å². The standard InChI is InChI=1S/C14H13BrN2O2/c1-9-4-11(2-3-13(9)16)14(18)19-8-10-5-12(15)7-17-6-10/h2-7H,8,16H2,1H3. The second-order valence-electron chi connectivity index (χ2n) is 4.16. The molecule has 0 unspecified atom stereocenters. The van der Waals surface area contributed by atoms with Gasteiger partial charge in [-0.3, -0.25) is 4.98 Å². The van der Waals surface area contributed by atoms with Crippen LogP contribution in [0.5, 0.6) is 0 Å². The molecular formula is C14H13BrN2O2. The van der Waals surface area contributed by atoms with Crippen LogP contribution < -0.4 is 5.73 Å². The van der Waals surface area contributed by atoms with Crippen molar-refractivity contribution in [2.24, 2.45) is 0 Å². The molecule has 0 saturated heterocycles. The van der Waals surface area contributed by atoms with Crippen LogP contribution in [-0.4, -0.2) is 11.0 Å². The van der Waals surface area contributed by atoms with Crippen molar-refractivity contribution in [2.45, 2.75) is 13.5 Å². The Labute approximate surface area is 119 Å². The number of nitrogen functional groups attached to an aromatic ring is 1. The lowest BCUT2D eigenvalue weighted by Gasteiger charge is -2.06. The molecule has 0 bridgehead atoms. The molecule has 2 rings (SSSR count). The number of anilines is 1. The van der Waals surface area contributed by atoms with E-state index in [2.05, 4.69) is 20.9 Å². The minimum absolute atomic E-state index is 0.189. The van der Waals surface area contributed by atoms with Gasteiger partial charge in [0.1, 0.15) is 6.61 Å². The molecule has 98 valence electrons. The van der Waals surface area contributed by atoms with E-state index in [1.807, 2.05) is 13.0 Å². The maximum atomic E-state index is 11.9. The van der Waals surface area contributed by atoms with Gasteiger partial charge in [-0.05, 0) is 52.7 Å². The molecule has 0 fully saturated rings. The fourth-order valence-electron chi connectivity index (χ4n) is 1.57. The lowest BCUT2D eigenvalue weighted by Crippen LogP contribution is -2.06. The van der Waals surface area contributed by atoms with Gasteiger partial charge in [-0.15, -0.1) is 0 Å². The lowest BCUT2D eigenvalue weighted by atomic mass is 10.1. The van der Waals surface area contributed by atoms with E-state index in [1.165, 1.54) is 0 Å². The largest absolute Gasteiger partial charge is 0.457 e. The number of benzene rings is 1. The summed E-state index contributed by atoms with van der Waals surface area (Å²) >= 11 is 3.31. The lowest BCUT2D eigenvalue weighted by molar-refractivity contribution is 0.0472. The minimum atomic E-state index is -0.372. The monoisotopic (exact) mass is 320 g/mol. The Balaban J connectivity index is 2.03. The number of esters is 1. The Kier molecular flexibility index (Phi) is 4.16. The molecule has 0 amide bonds. The van der Waals surface area contributed by atoms with Gasteiger partial charge in [-0.25, -0.2) is 4.79 Å². The maximum absolute atomic E-state index is 11.9. The van der Waals surface area contributed by atoms with Crippen LogP contribution in [0.4, 0.5) is 5.69 Å². The van der Waals surface area contributed by atoms with Crippen molar-refractivity contribution in [2.75, 3.05) is 5.73 Å². The van der Waals surface area contributed by atoms with E-state index in [1.54, 1.807) is 30.6 Å². The fourth-order valence-corrected chi connectivity index (χ4v) is 1.98. The predicted molar refractivity (Wildman–Crippen MR) is 76.6 cm³/mol. The van der Waals surface area contributed by atoms with Crippen molar-refractivity contribution in [3.05, 3.63) is 57.8 Å². The van der Waals surface area contributed by atoms with Crippen LogP contribution >= 0.6 is 15.9 Å². The number of carbonyl (C=O) groups is 1. The molecule has 4 nitrogen and oxygen atoms in total. The molecule has 1 heterocycles. The third kappa shape index (κ3) is 3.54. The number of pyridine rings is 1. The van der Waals surface area contributed by atoms with Gasteiger partial charge in [0.25, 0.3) is 0 Å². The van der Waals surface area contributed by atoms with Gasteiger partial charge < -0.3 is 10.5 Å². The third-order valence-electron chi connectivity index (χ3n) is 2.64. The molecule has 0 aliphatic heterocycles. The van der Waals surface area contributed by atoms with E-state index in [0.717, 1.165) is 15.6 Å². The van der Waals surface area contributed by atoms with Crippen LogP contribution in [-0.2, 0) is 11.3 Å². The van der Waals surface area contributed by atoms with Gasteiger partial charge in [-0.1, -0.05) is 0 Å². The predicted octanol–water partition coefficient (Wildman–Crippen LogP) is 3.09. The topological polar surface area (TPSA) is 65.2 Å². The molecule has 1 aromatic heterocycles. The zero-order chi connectivity index (χ0) is 13.8. The summed E-state index contributed by atoms with van der Waals surface area (Å²) < 4.78 is 6.07. The second-order valence-corrected chi connectivity index (χ2v) is 5.07. The average Bonchev–Trinajstić information content (AvgIpc) is 2.39. The molecular weight excluding hydrogens is 308 g/mol. The van der Waals surface area contributed by atoms with Gasteiger partial charge in [0.2, 0.25) is 0 Å². The summed E-state index contributed by atoms with van der Waals surface area (Å²) in [6, 6.07) is 6.93. The van der Waals surface area contributed by atoms with E-state index in [4.69, 9.17) is 10.5 Å². The quantitative estimate of drug-likeness (QED) is 0.697. The summed E-state index contributed by atoms with van der Waals surface area (Å²) in [7, 11) is 0. The fraction of sp³-hybridized carbons (Fsp3) is 0.143. The highest BCUT2D eigenvalue weighted by molar-refractivity contribution is 9.10. The maximum Gasteiger partial charge on any atom is 0.338 e. The number of aromatic nitrogens is 1. The zero-order valence-corrected chi connectivity index (χ0v) is 12.0. The first-order valence-electron chi connectivity index (χ1n) is 5.69. The molecule has 0 aliphatic carbocycles. The van der Waals surface area contributed by atoms with Crippen LogP contribution in [0, 0.1) is 6.92 Å². The Hall–Kier alpha value is -1.88. The van der Waals surface area contributed by atoms with Crippen LogP contribution in [0.2, 0.25) is 0 Å². The highest BCUT2D eigenvalue weighted by atomic mass is 79.9.